The molecule has 0 saturated carbocycles. The summed E-state index contributed by atoms with van der Waals surface area (Å²) in [6.45, 7) is 2.35. The van der Waals surface area contributed by atoms with E-state index >= 15 is 0 Å². The van der Waals surface area contributed by atoms with E-state index in [1.54, 1.807) is 23.0 Å². The number of rotatable bonds is 6. The van der Waals surface area contributed by atoms with Crippen LogP contribution in [0.5, 0.6) is 0 Å². The molecule has 138 valence electrons. The fourth-order valence-corrected chi connectivity index (χ4v) is 3.18. The largest absolute Gasteiger partial charge is 0.341 e. The topological polar surface area (TPSA) is 69.6 Å². The molecule has 1 atom stereocenters. The Bertz CT molecular complexity index is 807. The van der Waals surface area contributed by atoms with Crippen LogP contribution in [0.2, 0.25) is 0 Å². The Morgan fingerprint density at radius 1 is 1.23 bits per heavy atom. The minimum Gasteiger partial charge on any atom is -0.341 e. The van der Waals surface area contributed by atoms with Crippen LogP contribution in [0.3, 0.4) is 0 Å². The van der Waals surface area contributed by atoms with Crippen LogP contribution in [0.1, 0.15) is 12.1 Å². The van der Waals surface area contributed by atoms with E-state index in [0.29, 0.717) is 26.1 Å². The van der Waals surface area contributed by atoms with Gasteiger partial charge in [-0.05, 0) is 26.2 Å². The number of benzene rings is 1. The minimum absolute atomic E-state index is 0.0133. The second kappa shape index (κ2) is 7.78. The fraction of sp³-hybridized carbons (Fsp3) is 0.474. The van der Waals surface area contributed by atoms with Gasteiger partial charge in [0.05, 0.1) is 35.4 Å². The van der Waals surface area contributed by atoms with E-state index in [4.69, 9.17) is 0 Å². The first-order valence-electron chi connectivity index (χ1n) is 8.82. The van der Waals surface area contributed by atoms with Gasteiger partial charge in [-0.2, -0.15) is 0 Å². The number of likely N-dealkylation sites (tertiary alicyclic amines) is 1. The molecule has 26 heavy (non-hydrogen) atoms. The summed E-state index contributed by atoms with van der Waals surface area (Å²) in [4.78, 5) is 39.3. The Hall–Kier alpha value is -2.54. The summed E-state index contributed by atoms with van der Waals surface area (Å²) in [5.41, 5.74) is 2.40. The molecule has 2 amide bonds. The second-order valence-electron chi connectivity index (χ2n) is 7.09. The summed E-state index contributed by atoms with van der Waals surface area (Å²) >= 11 is 0. The van der Waals surface area contributed by atoms with Crippen molar-refractivity contribution in [2.75, 3.05) is 40.8 Å². The molecule has 0 bridgehead atoms. The maximum Gasteiger partial charge on any atom is 0.228 e. The molecule has 3 rings (SSSR count). The van der Waals surface area contributed by atoms with Crippen LogP contribution in [0.15, 0.2) is 30.5 Å². The van der Waals surface area contributed by atoms with Gasteiger partial charge in [-0.25, -0.2) is 4.98 Å². The molecular formula is C19H25N5O2. The molecule has 2 heterocycles. The van der Waals surface area contributed by atoms with E-state index in [-0.39, 0.29) is 17.7 Å². The van der Waals surface area contributed by atoms with Crippen molar-refractivity contribution < 1.29 is 9.59 Å². The van der Waals surface area contributed by atoms with E-state index in [0.717, 1.165) is 23.3 Å². The molecule has 1 aromatic heterocycles. The molecule has 1 fully saturated rings. The number of nitrogens with zero attached hydrogens (tertiary/aromatic N) is 5. The maximum absolute atomic E-state index is 12.7. The van der Waals surface area contributed by atoms with Crippen molar-refractivity contribution in [2.24, 2.45) is 5.92 Å². The smallest absolute Gasteiger partial charge is 0.228 e. The number of aromatic nitrogens is 2. The zero-order valence-corrected chi connectivity index (χ0v) is 15.6. The zero-order chi connectivity index (χ0) is 18.7. The highest BCUT2D eigenvalue weighted by Crippen LogP contribution is 2.20. The van der Waals surface area contributed by atoms with Crippen LogP contribution in [0.25, 0.3) is 11.0 Å². The lowest BCUT2D eigenvalue weighted by Crippen LogP contribution is -2.36. The van der Waals surface area contributed by atoms with E-state index in [2.05, 4.69) is 9.97 Å². The summed E-state index contributed by atoms with van der Waals surface area (Å²) in [6, 6.07) is 7.66. The van der Waals surface area contributed by atoms with E-state index in [1.165, 1.54) is 0 Å². The number of fused-ring (bicyclic) bond motifs is 1. The highest BCUT2D eigenvalue weighted by molar-refractivity contribution is 5.89. The number of carbonyl (C=O) groups is 2. The van der Waals surface area contributed by atoms with Gasteiger partial charge in [0, 0.05) is 33.1 Å². The van der Waals surface area contributed by atoms with Gasteiger partial charge in [-0.1, -0.05) is 12.1 Å². The van der Waals surface area contributed by atoms with Crippen LogP contribution in [0, 0.1) is 5.92 Å². The van der Waals surface area contributed by atoms with Gasteiger partial charge in [0.15, 0.2) is 0 Å². The third kappa shape index (κ3) is 4.16. The molecule has 0 spiro atoms. The van der Waals surface area contributed by atoms with Gasteiger partial charge in [-0.15, -0.1) is 0 Å². The fourth-order valence-electron chi connectivity index (χ4n) is 3.18. The lowest BCUT2D eigenvalue weighted by Gasteiger charge is -2.22. The molecule has 1 saturated heterocycles. The third-order valence-electron chi connectivity index (χ3n) is 4.65. The van der Waals surface area contributed by atoms with Crippen LogP contribution >= 0.6 is 0 Å². The van der Waals surface area contributed by atoms with Gasteiger partial charge in [0.2, 0.25) is 11.8 Å². The summed E-state index contributed by atoms with van der Waals surface area (Å²) < 4.78 is 0. The predicted octanol–water partition coefficient (Wildman–Crippen LogP) is 0.998. The molecule has 0 radical (unpaired) electrons. The molecule has 0 unspecified atom stereocenters. The highest BCUT2D eigenvalue weighted by Gasteiger charge is 2.35. The molecular weight excluding hydrogens is 330 g/mol. The number of likely N-dealkylation sites (N-methyl/N-ethyl adjacent to an activating group) is 1. The van der Waals surface area contributed by atoms with Gasteiger partial charge < -0.3 is 14.7 Å². The first-order valence-corrected chi connectivity index (χ1v) is 8.82. The van der Waals surface area contributed by atoms with Crippen molar-refractivity contribution in [1.29, 1.82) is 0 Å². The molecule has 1 aromatic carbocycles. The molecule has 0 N–H and O–H groups in total. The molecule has 2 aromatic rings. The van der Waals surface area contributed by atoms with Gasteiger partial charge in [0.1, 0.15) is 0 Å². The van der Waals surface area contributed by atoms with Crippen molar-refractivity contribution >= 4 is 22.8 Å². The van der Waals surface area contributed by atoms with E-state index in [1.807, 2.05) is 43.3 Å². The first-order chi connectivity index (χ1) is 12.4. The van der Waals surface area contributed by atoms with Gasteiger partial charge in [-0.3, -0.25) is 14.6 Å². The zero-order valence-electron chi connectivity index (χ0n) is 15.6. The van der Waals surface area contributed by atoms with Crippen LogP contribution < -0.4 is 0 Å². The number of hydrogen-bond acceptors (Lipinski definition) is 5. The molecule has 0 aliphatic carbocycles. The highest BCUT2D eigenvalue weighted by atomic mass is 16.2. The van der Waals surface area contributed by atoms with Crippen molar-refractivity contribution in [3.05, 3.63) is 36.2 Å². The van der Waals surface area contributed by atoms with Crippen LogP contribution in [-0.4, -0.2) is 77.3 Å². The van der Waals surface area contributed by atoms with Crippen LogP contribution in [-0.2, 0) is 16.1 Å². The number of amides is 2. The summed E-state index contributed by atoms with van der Waals surface area (Å²) in [5, 5.41) is 0. The SMILES string of the molecule is CN(C)CCN1C[C@@H](C(=O)N(C)Cc2cnc3ccccc3n2)CC1=O. The predicted molar refractivity (Wildman–Crippen MR) is 99.3 cm³/mol. The normalized spacial score (nSPS) is 17.3. The van der Waals surface area contributed by atoms with E-state index in [9.17, 15) is 9.59 Å². The Morgan fingerprint density at radius 3 is 2.69 bits per heavy atom. The lowest BCUT2D eigenvalue weighted by molar-refractivity contribution is -0.135. The second-order valence-corrected chi connectivity index (χ2v) is 7.09. The Balaban J connectivity index is 1.61. The lowest BCUT2D eigenvalue weighted by atomic mass is 10.1. The maximum atomic E-state index is 12.7. The summed E-state index contributed by atoms with van der Waals surface area (Å²) in [6.07, 6.45) is 2.00. The number of carbonyl (C=O) groups excluding carboxylic acids is 2. The van der Waals surface area contributed by atoms with Gasteiger partial charge in [0.25, 0.3) is 0 Å². The van der Waals surface area contributed by atoms with Crippen molar-refractivity contribution in [2.45, 2.75) is 13.0 Å². The molecule has 7 nitrogen and oxygen atoms in total. The Kier molecular flexibility index (Phi) is 5.46. The molecule has 7 heteroatoms. The molecule has 1 aliphatic rings. The van der Waals surface area contributed by atoms with Crippen molar-refractivity contribution in [3.63, 3.8) is 0 Å². The first kappa shape index (κ1) is 18.3. The van der Waals surface area contributed by atoms with Crippen molar-refractivity contribution in [1.82, 2.24) is 24.7 Å². The van der Waals surface area contributed by atoms with E-state index < -0.39 is 0 Å². The number of para-hydroxylation sites is 2. The quantitative estimate of drug-likeness (QED) is 0.773. The van der Waals surface area contributed by atoms with Gasteiger partial charge >= 0.3 is 0 Å². The Labute approximate surface area is 153 Å². The summed E-state index contributed by atoms with van der Waals surface area (Å²) in [7, 11) is 5.70. The minimum atomic E-state index is -0.275. The average Bonchev–Trinajstić information content (AvgIpc) is 3.00. The monoisotopic (exact) mass is 355 g/mol. The number of hydrogen-bond donors (Lipinski definition) is 0. The third-order valence-corrected chi connectivity index (χ3v) is 4.65. The Morgan fingerprint density at radius 2 is 1.96 bits per heavy atom. The average molecular weight is 355 g/mol. The summed E-state index contributed by atoms with van der Waals surface area (Å²) in [5.74, 6) is -0.229. The standard InChI is InChI=1S/C19H25N5O2/c1-22(2)8-9-24-12-14(10-18(24)25)19(26)23(3)13-15-11-20-16-6-4-5-7-17(16)21-15/h4-7,11,14H,8-10,12-13H2,1-3H3/t14-/m0/s1. The van der Waals surface area contributed by atoms with Crippen LogP contribution in [0.4, 0.5) is 0 Å². The molecule has 1 aliphatic heterocycles. The van der Waals surface area contributed by atoms with Crippen molar-refractivity contribution in [3.8, 4) is 0 Å².